The molecule has 1 aliphatic heterocycles. The van der Waals surface area contributed by atoms with E-state index in [4.69, 9.17) is 4.74 Å². The van der Waals surface area contributed by atoms with Crippen LogP contribution in [-0.2, 0) is 9.53 Å². The van der Waals surface area contributed by atoms with E-state index in [1.807, 2.05) is 74.1 Å². The molecule has 6 heteroatoms. The van der Waals surface area contributed by atoms with Gasteiger partial charge in [0.15, 0.2) is 0 Å². The zero-order valence-corrected chi connectivity index (χ0v) is 15.4. The Kier molecular flexibility index (Phi) is 5.02. The molecule has 138 valence electrons. The van der Waals surface area contributed by atoms with E-state index < -0.39 is 17.7 Å². The topological polar surface area (TPSA) is 63.6 Å². The molecule has 0 bridgehead atoms. The lowest BCUT2D eigenvalue weighted by Gasteiger charge is -2.28. The third-order valence-corrected chi connectivity index (χ3v) is 4.23. The highest BCUT2D eigenvalue weighted by Gasteiger charge is 2.36. The number of hydrogen-bond acceptors (Lipinski definition) is 3. The van der Waals surface area contributed by atoms with Crippen LogP contribution in [0.15, 0.2) is 48.8 Å². The Morgan fingerprint density at radius 2 is 1.81 bits per heavy atom. The smallest absolute Gasteiger partial charge is 0.410 e. The highest BCUT2D eigenvalue weighted by atomic mass is 16.6. The first-order valence-corrected chi connectivity index (χ1v) is 8.88. The second-order valence-electron chi connectivity index (χ2n) is 7.43. The van der Waals surface area contributed by atoms with Gasteiger partial charge >= 0.3 is 6.09 Å². The van der Waals surface area contributed by atoms with Crippen molar-refractivity contribution < 1.29 is 14.3 Å². The SMILES string of the molecule is CC(C)(C)OC(=O)N1CCC[C@H]1C(=O)Nc1ccccc1-n1cccc1. The first kappa shape index (κ1) is 18.0. The molecular weight excluding hydrogens is 330 g/mol. The van der Waals surface area contributed by atoms with Gasteiger partial charge < -0.3 is 14.6 Å². The maximum Gasteiger partial charge on any atom is 0.410 e. The van der Waals surface area contributed by atoms with Crippen molar-refractivity contribution in [3.63, 3.8) is 0 Å². The minimum absolute atomic E-state index is 0.187. The average molecular weight is 355 g/mol. The monoisotopic (exact) mass is 355 g/mol. The Bertz CT molecular complexity index is 778. The lowest BCUT2D eigenvalue weighted by molar-refractivity contribution is -0.120. The minimum Gasteiger partial charge on any atom is -0.444 e. The number of ether oxygens (including phenoxy) is 1. The quantitative estimate of drug-likeness (QED) is 0.910. The van der Waals surface area contributed by atoms with Gasteiger partial charge in [0.05, 0.1) is 11.4 Å². The normalized spacial score (nSPS) is 17.2. The van der Waals surface area contributed by atoms with Gasteiger partial charge in [-0.25, -0.2) is 4.79 Å². The largest absolute Gasteiger partial charge is 0.444 e. The Morgan fingerprint density at radius 3 is 2.50 bits per heavy atom. The summed E-state index contributed by atoms with van der Waals surface area (Å²) in [5.74, 6) is -0.187. The number of nitrogens with one attached hydrogen (secondary N) is 1. The third kappa shape index (κ3) is 4.07. The predicted molar refractivity (Wildman–Crippen MR) is 100 cm³/mol. The van der Waals surface area contributed by atoms with E-state index in [0.717, 1.165) is 12.1 Å². The van der Waals surface area contributed by atoms with Crippen LogP contribution >= 0.6 is 0 Å². The van der Waals surface area contributed by atoms with E-state index in [1.54, 1.807) is 0 Å². The Hall–Kier alpha value is -2.76. The first-order valence-electron chi connectivity index (χ1n) is 8.88. The number of carbonyl (C=O) groups is 2. The van der Waals surface area contributed by atoms with Crippen LogP contribution < -0.4 is 5.32 Å². The van der Waals surface area contributed by atoms with Crippen LogP contribution in [-0.4, -0.2) is 39.7 Å². The summed E-state index contributed by atoms with van der Waals surface area (Å²) in [4.78, 5) is 26.8. The molecule has 2 amide bonds. The maximum atomic E-state index is 12.8. The Labute approximate surface area is 153 Å². The molecule has 2 heterocycles. The van der Waals surface area contributed by atoms with Crippen LogP contribution in [0.4, 0.5) is 10.5 Å². The van der Waals surface area contributed by atoms with Crippen molar-refractivity contribution in [1.29, 1.82) is 0 Å². The minimum atomic E-state index is -0.582. The zero-order chi connectivity index (χ0) is 18.7. The summed E-state index contributed by atoms with van der Waals surface area (Å²) in [5.41, 5.74) is 1.01. The van der Waals surface area contributed by atoms with Gasteiger partial charge in [0, 0.05) is 18.9 Å². The van der Waals surface area contributed by atoms with Crippen molar-refractivity contribution in [2.75, 3.05) is 11.9 Å². The summed E-state index contributed by atoms with van der Waals surface area (Å²) < 4.78 is 7.38. The molecule has 0 unspecified atom stereocenters. The van der Waals surface area contributed by atoms with Crippen molar-refractivity contribution in [2.24, 2.45) is 0 Å². The number of anilines is 1. The number of hydrogen-bond donors (Lipinski definition) is 1. The van der Waals surface area contributed by atoms with Gasteiger partial charge in [-0.15, -0.1) is 0 Å². The number of carbonyl (C=O) groups excluding carboxylic acids is 2. The van der Waals surface area contributed by atoms with Crippen LogP contribution in [0, 0.1) is 0 Å². The van der Waals surface area contributed by atoms with E-state index in [2.05, 4.69) is 5.32 Å². The van der Waals surface area contributed by atoms with Crippen LogP contribution in [0.1, 0.15) is 33.6 Å². The number of amides is 2. The van der Waals surface area contributed by atoms with Crippen molar-refractivity contribution in [3.05, 3.63) is 48.8 Å². The summed E-state index contributed by atoms with van der Waals surface area (Å²) in [6.07, 6.45) is 4.84. The number of aromatic nitrogens is 1. The number of benzene rings is 1. The van der Waals surface area contributed by atoms with E-state index in [9.17, 15) is 9.59 Å². The van der Waals surface area contributed by atoms with Crippen LogP contribution in [0.2, 0.25) is 0 Å². The summed E-state index contributed by atoms with van der Waals surface area (Å²) >= 11 is 0. The van der Waals surface area contributed by atoms with Crippen LogP contribution in [0.5, 0.6) is 0 Å². The average Bonchev–Trinajstić information content (AvgIpc) is 3.25. The molecule has 26 heavy (non-hydrogen) atoms. The maximum absolute atomic E-state index is 12.8. The zero-order valence-electron chi connectivity index (χ0n) is 15.4. The fourth-order valence-corrected chi connectivity index (χ4v) is 3.09. The van der Waals surface area contributed by atoms with Gasteiger partial charge in [0.25, 0.3) is 0 Å². The van der Waals surface area contributed by atoms with Gasteiger partial charge in [0.1, 0.15) is 11.6 Å². The van der Waals surface area contributed by atoms with Gasteiger partial charge in [-0.2, -0.15) is 0 Å². The fraction of sp³-hybridized carbons (Fsp3) is 0.400. The second-order valence-corrected chi connectivity index (χ2v) is 7.43. The molecule has 0 spiro atoms. The molecular formula is C20H25N3O3. The third-order valence-electron chi connectivity index (χ3n) is 4.23. The van der Waals surface area contributed by atoms with E-state index in [1.165, 1.54) is 4.90 Å². The lowest BCUT2D eigenvalue weighted by atomic mass is 10.2. The molecule has 1 aliphatic rings. The second kappa shape index (κ2) is 7.23. The molecule has 1 N–H and O–H groups in total. The fourth-order valence-electron chi connectivity index (χ4n) is 3.09. The highest BCUT2D eigenvalue weighted by molar-refractivity contribution is 5.98. The van der Waals surface area contributed by atoms with Gasteiger partial charge in [-0.05, 0) is 57.9 Å². The molecule has 1 fully saturated rings. The molecule has 0 radical (unpaired) electrons. The van der Waals surface area contributed by atoms with E-state index in [-0.39, 0.29) is 5.91 Å². The van der Waals surface area contributed by atoms with Gasteiger partial charge in [0.2, 0.25) is 5.91 Å². The lowest BCUT2D eigenvalue weighted by Crippen LogP contribution is -2.45. The summed E-state index contributed by atoms with van der Waals surface area (Å²) in [6, 6.07) is 11.0. The molecule has 0 aliphatic carbocycles. The molecule has 1 atom stereocenters. The van der Waals surface area contributed by atoms with Crippen molar-refractivity contribution in [2.45, 2.75) is 45.3 Å². The Morgan fingerprint density at radius 1 is 1.12 bits per heavy atom. The Balaban J connectivity index is 1.75. The molecule has 1 aromatic heterocycles. The van der Waals surface area contributed by atoms with Crippen LogP contribution in [0.25, 0.3) is 5.69 Å². The van der Waals surface area contributed by atoms with E-state index >= 15 is 0 Å². The van der Waals surface area contributed by atoms with E-state index in [0.29, 0.717) is 18.7 Å². The molecule has 2 aromatic rings. The molecule has 0 saturated carbocycles. The number of rotatable bonds is 3. The van der Waals surface area contributed by atoms with Crippen molar-refractivity contribution in [1.82, 2.24) is 9.47 Å². The number of para-hydroxylation sites is 2. The summed E-state index contributed by atoms with van der Waals surface area (Å²) in [7, 11) is 0. The summed E-state index contributed by atoms with van der Waals surface area (Å²) in [5, 5.41) is 2.98. The molecule has 6 nitrogen and oxygen atoms in total. The van der Waals surface area contributed by atoms with Gasteiger partial charge in [-0.3, -0.25) is 9.69 Å². The van der Waals surface area contributed by atoms with Gasteiger partial charge in [-0.1, -0.05) is 12.1 Å². The van der Waals surface area contributed by atoms with Crippen molar-refractivity contribution in [3.8, 4) is 5.69 Å². The number of nitrogens with zero attached hydrogens (tertiary/aromatic N) is 2. The standard InChI is InChI=1S/C20H25N3O3/c1-20(2,3)26-19(25)23-14-8-11-17(23)18(24)21-15-9-4-5-10-16(15)22-12-6-7-13-22/h4-7,9-10,12-13,17H,8,11,14H2,1-3H3,(H,21,24)/t17-/m0/s1. The molecule has 3 rings (SSSR count). The highest BCUT2D eigenvalue weighted by Crippen LogP contribution is 2.24. The summed E-state index contributed by atoms with van der Waals surface area (Å²) in [6.45, 7) is 6.00. The first-order chi connectivity index (χ1) is 12.3. The molecule has 1 aromatic carbocycles. The van der Waals surface area contributed by atoms with Crippen molar-refractivity contribution >= 4 is 17.7 Å². The van der Waals surface area contributed by atoms with Crippen LogP contribution in [0.3, 0.4) is 0 Å². The number of likely N-dealkylation sites (tertiary alicyclic amines) is 1. The predicted octanol–water partition coefficient (Wildman–Crippen LogP) is 3.82. The molecule has 1 saturated heterocycles.